The lowest BCUT2D eigenvalue weighted by Gasteiger charge is -2.48. The number of nitrogens with one attached hydrogen (secondary N) is 4. The van der Waals surface area contributed by atoms with E-state index < -0.39 is 73.0 Å². The smallest absolute Gasteiger partial charge is 0.310 e. The molecule has 4 heterocycles. The van der Waals surface area contributed by atoms with E-state index in [4.69, 9.17) is 18.9 Å². The molecule has 0 amide bonds. The van der Waals surface area contributed by atoms with Gasteiger partial charge in [0.15, 0.2) is 0 Å². The molecule has 4 rings (SSSR count). The monoisotopic (exact) mass is 1180 g/mol. The van der Waals surface area contributed by atoms with Crippen molar-refractivity contribution >= 4 is 23.9 Å². The van der Waals surface area contributed by atoms with Crippen LogP contribution in [-0.4, -0.2) is 92.6 Å². The van der Waals surface area contributed by atoms with Gasteiger partial charge in [-0.15, -0.1) is 0 Å². The summed E-state index contributed by atoms with van der Waals surface area (Å²) in [6, 6.07) is 0. The number of carbonyl (C=O) groups is 4. The Labute approximate surface area is 516 Å². The highest BCUT2D eigenvalue weighted by atomic mass is 16.6. The summed E-state index contributed by atoms with van der Waals surface area (Å²) in [5, 5.41) is 15.7. The van der Waals surface area contributed by atoms with Gasteiger partial charge in [-0.3, -0.25) is 19.2 Å². The Balaban J connectivity index is 1.72. The maximum absolute atomic E-state index is 15.6. The molecule has 84 heavy (non-hydrogen) atoms. The van der Waals surface area contributed by atoms with Crippen LogP contribution >= 0.6 is 0 Å². The topological polar surface area (TPSA) is 153 Å². The summed E-state index contributed by atoms with van der Waals surface area (Å²) in [5.74, 6) is -5.14. The van der Waals surface area contributed by atoms with Gasteiger partial charge in [0, 0.05) is 95.7 Å². The van der Waals surface area contributed by atoms with Gasteiger partial charge in [0.1, 0.15) is 24.4 Å². The van der Waals surface area contributed by atoms with Crippen molar-refractivity contribution in [2.24, 2.45) is 11.8 Å². The van der Waals surface area contributed by atoms with Gasteiger partial charge < -0.3 is 40.2 Å². The second-order valence-electron chi connectivity index (χ2n) is 31.9. The van der Waals surface area contributed by atoms with E-state index in [9.17, 15) is 9.59 Å². The Morgan fingerprint density at radius 3 is 0.738 bits per heavy atom. The Morgan fingerprint density at radius 2 is 0.512 bits per heavy atom. The van der Waals surface area contributed by atoms with Crippen molar-refractivity contribution in [3.8, 4) is 0 Å². The summed E-state index contributed by atoms with van der Waals surface area (Å²) in [7, 11) is 0. The first-order chi connectivity index (χ1) is 39.4. The van der Waals surface area contributed by atoms with E-state index in [2.05, 4.69) is 132 Å². The highest BCUT2D eigenvalue weighted by molar-refractivity contribution is 5.89. The van der Waals surface area contributed by atoms with Gasteiger partial charge in [0.2, 0.25) is 0 Å². The minimum absolute atomic E-state index is 0.254. The van der Waals surface area contributed by atoms with Gasteiger partial charge in [-0.05, 0) is 109 Å². The van der Waals surface area contributed by atoms with Crippen LogP contribution < -0.4 is 21.3 Å². The Kier molecular flexibility index (Phi) is 30.6. The predicted molar refractivity (Wildman–Crippen MR) is 347 cm³/mol. The molecule has 12 heteroatoms. The molecule has 0 spiro atoms. The van der Waals surface area contributed by atoms with Crippen molar-refractivity contribution in [1.29, 1.82) is 0 Å². The van der Waals surface area contributed by atoms with E-state index in [1.165, 1.54) is 116 Å². The lowest BCUT2D eigenvalue weighted by atomic mass is 9.77. The molecule has 490 valence electrons. The number of piperidine rings is 4. The fraction of sp³-hybridized carbons (Fsp3) is 0.944. The highest BCUT2D eigenvalue weighted by Crippen LogP contribution is 2.41. The SMILES string of the molecule is CCCCCCCCC1(C)CC(OC(=O)CC(C(=O)OC2CC(C)(C)NC(C)(CCCCCCCC)C2)C(CC(=O)OC2CC(C)(C)NC(C)(CCCCCCCC)C2)C(=O)OC2CC(C)(C)NC(C)(CCCCCCCC)C2)CC(C)(C)N1. The molecule has 0 radical (unpaired) electrons. The van der Waals surface area contributed by atoms with Gasteiger partial charge in [0.05, 0.1) is 24.7 Å². The fourth-order valence-electron chi connectivity index (χ4n) is 16.5. The molecule has 4 N–H and O–H groups in total. The van der Waals surface area contributed by atoms with Crippen molar-refractivity contribution in [1.82, 2.24) is 21.3 Å². The quantitative estimate of drug-likeness (QED) is 0.0263. The van der Waals surface area contributed by atoms with Crippen LogP contribution in [0.15, 0.2) is 0 Å². The van der Waals surface area contributed by atoms with Crippen molar-refractivity contribution < 1.29 is 38.1 Å². The first-order valence-corrected chi connectivity index (χ1v) is 35.3. The third-order valence-corrected chi connectivity index (χ3v) is 19.6. The largest absolute Gasteiger partial charge is 0.462 e. The average molecular weight is 1180 g/mol. The average Bonchev–Trinajstić information content (AvgIpc) is 1.78. The molecule has 12 nitrogen and oxygen atoms in total. The van der Waals surface area contributed by atoms with E-state index >= 15 is 9.59 Å². The molecule has 4 saturated heterocycles. The van der Waals surface area contributed by atoms with Crippen molar-refractivity contribution in [2.45, 2.75) is 423 Å². The van der Waals surface area contributed by atoms with Gasteiger partial charge in [-0.2, -0.15) is 0 Å². The summed E-state index contributed by atoms with van der Waals surface area (Å²) < 4.78 is 26.6. The molecule has 4 aliphatic heterocycles. The van der Waals surface area contributed by atoms with Crippen LogP contribution in [-0.2, 0) is 38.1 Å². The molecular weight excluding hydrogens is 1050 g/mol. The summed E-state index contributed by atoms with van der Waals surface area (Å²) in [6.07, 6.45) is 34.6. The zero-order valence-corrected chi connectivity index (χ0v) is 57.6. The molecule has 10 atom stereocenters. The van der Waals surface area contributed by atoms with Crippen molar-refractivity contribution in [3.63, 3.8) is 0 Å². The Bertz CT molecular complexity index is 1820. The number of ether oxygens (including phenoxy) is 4. The summed E-state index contributed by atoms with van der Waals surface area (Å²) in [5.41, 5.74) is -2.42. The van der Waals surface area contributed by atoms with Crippen LogP contribution in [0.25, 0.3) is 0 Å². The molecule has 10 unspecified atom stereocenters. The summed E-state index contributed by atoms with van der Waals surface area (Å²) in [4.78, 5) is 61.1. The fourth-order valence-corrected chi connectivity index (χ4v) is 16.5. The second kappa shape index (κ2) is 34.6. The summed E-state index contributed by atoms with van der Waals surface area (Å²) in [6.45, 7) is 35.3. The number of unbranched alkanes of at least 4 members (excludes halogenated alkanes) is 20. The van der Waals surface area contributed by atoms with Crippen LogP contribution in [0.2, 0.25) is 0 Å². The van der Waals surface area contributed by atoms with Crippen molar-refractivity contribution in [3.05, 3.63) is 0 Å². The van der Waals surface area contributed by atoms with Gasteiger partial charge in [-0.1, -0.05) is 182 Å². The first kappa shape index (κ1) is 74.2. The van der Waals surface area contributed by atoms with E-state index in [1.54, 1.807) is 0 Å². The minimum atomic E-state index is -1.35. The molecule has 0 aromatic heterocycles. The zero-order chi connectivity index (χ0) is 62.3. The second-order valence-corrected chi connectivity index (χ2v) is 31.9. The molecule has 0 aliphatic carbocycles. The highest BCUT2D eigenvalue weighted by Gasteiger charge is 2.50. The van der Waals surface area contributed by atoms with Crippen LogP contribution in [0.5, 0.6) is 0 Å². The predicted octanol–water partition coefficient (Wildman–Crippen LogP) is 17.3. The van der Waals surface area contributed by atoms with E-state index in [0.717, 1.165) is 64.2 Å². The molecule has 0 aromatic carbocycles. The molecule has 0 saturated carbocycles. The molecule has 4 aliphatic rings. The molecular formula is C72H134N4O8. The lowest BCUT2D eigenvalue weighted by Crippen LogP contribution is -2.61. The van der Waals surface area contributed by atoms with E-state index in [1.807, 2.05) is 0 Å². The van der Waals surface area contributed by atoms with Gasteiger partial charge in [0.25, 0.3) is 0 Å². The van der Waals surface area contributed by atoms with Crippen molar-refractivity contribution in [2.75, 3.05) is 0 Å². The molecule has 0 bridgehead atoms. The minimum Gasteiger partial charge on any atom is -0.462 e. The maximum atomic E-state index is 15.6. The van der Waals surface area contributed by atoms with Gasteiger partial charge in [-0.25, -0.2) is 0 Å². The molecule has 4 fully saturated rings. The first-order valence-electron chi connectivity index (χ1n) is 35.3. The number of esters is 4. The van der Waals surface area contributed by atoms with Crippen LogP contribution in [0.4, 0.5) is 0 Å². The standard InChI is InChI=1S/C72H134N4O8/c1-17-21-25-29-33-37-41-69(13)51-55(47-65(5,6)73-69)81-61(77)45-59(63(79)83-57-49-67(9,10)75-71(15,53-57)43-39-35-31-27-23-19-3)60(64(80)84-58-50-68(11,12)76-72(16,54-58)44-40-36-32-28-24-20-4)46-62(78)82-56-48-66(7,8)74-70(14,52-56)42-38-34-30-26-22-18-2/h55-60,73-76H,17-54H2,1-16H3. The van der Waals surface area contributed by atoms with Crippen LogP contribution in [0.3, 0.4) is 0 Å². The molecule has 0 aromatic rings. The summed E-state index contributed by atoms with van der Waals surface area (Å²) >= 11 is 0. The number of hydrogen-bond donors (Lipinski definition) is 4. The number of hydrogen-bond acceptors (Lipinski definition) is 12. The van der Waals surface area contributed by atoms with Crippen LogP contribution in [0.1, 0.15) is 355 Å². The zero-order valence-electron chi connectivity index (χ0n) is 57.6. The van der Waals surface area contributed by atoms with Crippen LogP contribution in [0, 0.1) is 11.8 Å². The third kappa shape index (κ3) is 27.6. The maximum Gasteiger partial charge on any atom is 0.310 e. The number of rotatable bonds is 39. The Morgan fingerprint density at radius 1 is 0.310 bits per heavy atom. The third-order valence-electron chi connectivity index (χ3n) is 19.6. The number of carbonyl (C=O) groups excluding carboxylic acids is 4. The van der Waals surface area contributed by atoms with Gasteiger partial charge >= 0.3 is 23.9 Å². The Hall–Kier alpha value is -2.28. The normalized spacial score (nSPS) is 29.8. The van der Waals surface area contributed by atoms with E-state index in [-0.39, 0.29) is 44.3 Å². The lowest BCUT2D eigenvalue weighted by molar-refractivity contribution is -0.178. The van der Waals surface area contributed by atoms with E-state index in [0.29, 0.717) is 51.4 Å².